The Hall–Kier alpha value is -2.69. The Labute approximate surface area is 141 Å². The van der Waals surface area contributed by atoms with Crippen molar-refractivity contribution < 1.29 is 4.79 Å². The molecule has 0 saturated carbocycles. The molecular formula is C19H23N3O2. The average molecular weight is 325 g/mol. The number of aromatic nitrogens is 2. The lowest BCUT2D eigenvalue weighted by Crippen LogP contribution is -2.31. The van der Waals surface area contributed by atoms with Gasteiger partial charge in [-0.25, -0.2) is 4.98 Å². The second kappa shape index (κ2) is 8.24. The van der Waals surface area contributed by atoms with E-state index >= 15 is 0 Å². The van der Waals surface area contributed by atoms with Crippen LogP contribution in [-0.4, -0.2) is 21.8 Å². The maximum Gasteiger partial charge on any atom is 0.270 e. The van der Waals surface area contributed by atoms with Crippen LogP contribution in [0, 0.1) is 0 Å². The lowest BCUT2D eigenvalue weighted by Gasteiger charge is -2.05. The Bertz CT molecular complexity index is 843. The van der Waals surface area contributed by atoms with E-state index in [4.69, 9.17) is 0 Å². The topological polar surface area (TPSA) is 63.5 Å². The van der Waals surface area contributed by atoms with Crippen LogP contribution in [-0.2, 0) is 0 Å². The van der Waals surface area contributed by atoms with Crippen molar-refractivity contribution in [3.63, 3.8) is 0 Å². The van der Waals surface area contributed by atoms with Crippen molar-refractivity contribution in [1.82, 2.24) is 14.7 Å². The van der Waals surface area contributed by atoms with Crippen molar-refractivity contribution in [3.8, 4) is 0 Å². The first kappa shape index (κ1) is 17.7. The van der Waals surface area contributed by atoms with Gasteiger partial charge in [-0.05, 0) is 45.7 Å². The Morgan fingerprint density at radius 2 is 2.04 bits per heavy atom. The van der Waals surface area contributed by atoms with Gasteiger partial charge in [0.05, 0.1) is 0 Å². The number of hydrogen-bond acceptors (Lipinski definition) is 3. The molecule has 2 rings (SSSR count). The minimum Gasteiger partial charge on any atom is -0.348 e. The highest BCUT2D eigenvalue weighted by atomic mass is 16.2. The van der Waals surface area contributed by atoms with Crippen molar-refractivity contribution in [2.24, 2.45) is 0 Å². The summed E-state index contributed by atoms with van der Waals surface area (Å²) in [4.78, 5) is 28.6. The predicted octanol–water partition coefficient (Wildman–Crippen LogP) is 3.12. The third-order valence-corrected chi connectivity index (χ3v) is 3.66. The SMILES string of the molecule is CC(C)=CCC/C(C)=C/CNC(=O)c1cnc2ccccn2c1=O. The van der Waals surface area contributed by atoms with Crippen molar-refractivity contribution in [3.05, 3.63) is 69.8 Å². The predicted molar refractivity (Wildman–Crippen MR) is 96.2 cm³/mol. The Morgan fingerprint density at radius 3 is 2.79 bits per heavy atom. The van der Waals surface area contributed by atoms with Gasteiger partial charge >= 0.3 is 0 Å². The highest BCUT2D eigenvalue weighted by Crippen LogP contribution is 2.06. The van der Waals surface area contributed by atoms with Crippen LogP contribution in [0.4, 0.5) is 0 Å². The molecule has 0 aliphatic carbocycles. The highest BCUT2D eigenvalue weighted by molar-refractivity contribution is 5.93. The fourth-order valence-electron chi connectivity index (χ4n) is 2.29. The molecule has 0 aliphatic heterocycles. The molecule has 126 valence electrons. The number of hydrogen-bond donors (Lipinski definition) is 1. The molecule has 5 nitrogen and oxygen atoms in total. The van der Waals surface area contributed by atoms with Crippen molar-refractivity contribution in [1.29, 1.82) is 0 Å². The fourth-order valence-corrected chi connectivity index (χ4v) is 2.29. The van der Waals surface area contributed by atoms with E-state index < -0.39 is 5.91 Å². The standard InChI is InChI=1S/C19H23N3O2/c1-14(2)7-6-8-15(3)10-11-20-18(23)16-13-21-17-9-4-5-12-22(17)19(16)24/h4-5,7,9-10,12-13H,6,8,11H2,1-3H3,(H,20,23)/b15-10+. The van der Waals surface area contributed by atoms with Gasteiger partial charge in [-0.3, -0.25) is 14.0 Å². The number of nitrogens with one attached hydrogen (secondary N) is 1. The quantitative estimate of drug-likeness (QED) is 0.830. The lowest BCUT2D eigenvalue weighted by molar-refractivity contribution is 0.0956. The molecule has 24 heavy (non-hydrogen) atoms. The molecule has 5 heteroatoms. The normalized spacial score (nSPS) is 11.4. The molecule has 2 heterocycles. The van der Waals surface area contributed by atoms with Crippen LogP contribution in [0.15, 0.2) is 58.7 Å². The molecule has 0 aromatic carbocycles. The molecule has 2 aromatic rings. The summed E-state index contributed by atoms with van der Waals surface area (Å²) < 4.78 is 1.37. The van der Waals surface area contributed by atoms with E-state index in [1.807, 2.05) is 13.0 Å². The molecule has 0 atom stereocenters. The first-order valence-electron chi connectivity index (χ1n) is 8.02. The molecule has 1 amide bonds. The van der Waals surface area contributed by atoms with Gasteiger partial charge in [0.2, 0.25) is 0 Å². The Morgan fingerprint density at radius 1 is 1.25 bits per heavy atom. The van der Waals surface area contributed by atoms with Crippen molar-refractivity contribution >= 4 is 11.6 Å². The van der Waals surface area contributed by atoms with E-state index in [1.54, 1.807) is 24.4 Å². The van der Waals surface area contributed by atoms with Gasteiger partial charge in [-0.2, -0.15) is 0 Å². The van der Waals surface area contributed by atoms with Gasteiger partial charge in [0.15, 0.2) is 0 Å². The summed E-state index contributed by atoms with van der Waals surface area (Å²) >= 11 is 0. The van der Waals surface area contributed by atoms with Gasteiger partial charge in [0.25, 0.3) is 11.5 Å². The zero-order valence-electron chi connectivity index (χ0n) is 14.4. The van der Waals surface area contributed by atoms with Gasteiger partial charge in [0.1, 0.15) is 11.2 Å². The third-order valence-electron chi connectivity index (χ3n) is 3.66. The number of allylic oxidation sites excluding steroid dienone is 3. The van der Waals surface area contributed by atoms with Crippen LogP contribution in [0.25, 0.3) is 5.65 Å². The average Bonchev–Trinajstić information content (AvgIpc) is 2.55. The van der Waals surface area contributed by atoms with E-state index in [2.05, 4.69) is 30.2 Å². The molecule has 0 saturated heterocycles. The van der Waals surface area contributed by atoms with Crippen molar-refractivity contribution in [2.75, 3.05) is 6.54 Å². The maximum atomic E-state index is 12.3. The number of carbonyl (C=O) groups excluding carboxylic acids is 1. The zero-order valence-corrected chi connectivity index (χ0v) is 14.4. The minimum absolute atomic E-state index is 0.0503. The van der Waals surface area contributed by atoms with E-state index in [0.29, 0.717) is 12.2 Å². The number of fused-ring (bicyclic) bond motifs is 1. The van der Waals surface area contributed by atoms with E-state index in [-0.39, 0.29) is 11.1 Å². The van der Waals surface area contributed by atoms with Crippen LogP contribution < -0.4 is 10.9 Å². The van der Waals surface area contributed by atoms with Crippen LogP contribution in [0.3, 0.4) is 0 Å². The van der Waals surface area contributed by atoms with Crippen LogP contribution in [0.1, 0.15) is 44.0 Å². The largest absolute Gasteiger partial charge is 0.348 e. The number of pyridine rings is 1. The molecule has 0 spiro atoms. The third kappa shape index (κ3) is 4.65. The Balaban J connectivity index is 1.99. The second-order valence-electron chi connectivity index (χ2n) is 5.99. The number of amides is 1. The fraction of sp³-hybridized carbons (Fsp3) is 0.316. The van der Waals surface area contributed by atoms with E-state index in [9.17, 15) is 9.59 Å². The maximum absolute atomic E-state index is 12.3. The first-order chi connectivity index (χ1) is 11.5. The number of rotatable bonds is 6. The van der Waals surface area contributed by atoms with Crippen molar-refractivity contribution in [2.45, 2.75) is 33.6 Å². The summed E-state index contributed by atoms with van der Waals surface area (Å²) in [6.45, 7) is 6.60. The van der Waals surface area contributed by atoms with E-state index in [0.717, 1.165) is 12.8 Å². The monoisotopic (exact) mass is 325 g/mol. The molecule has 0 aliphatic rings. The zero-order chi connectivity index (χ0) is 17.5. The van der Waals surface area contributed by atoms with Crippen LogP contribution in [0.2, 0.25) is 0 Å². The van der Waals surface area contributed by atoms with Crippen LogP contribution >= 0.6 is 0 Å². The lowest BCUT2D eigenvalue weighted by atomic mass is 10.1. The van der Waals surface area contributed by atoms with Crippen LogP contribution in [0.5, 0.6) is 0 Å². The summed E-state index contributed by atoms with van der Waals surface area (Å²) in [6.07, 6.45) is 9.06. The molecule has 0 bridgehead atoms. The molecule has 0 fully saturated rings. The molecule has 0 radical (unpaired) electrons. The summed E-state index contributed by atoms with van der Waals surface area (Å²) in [5.74, 6) is -0.404. The minimum atomic E-state index is -0.404. The summed E-state index contributed by atoms with van der Waals surface area (Å²) in [6, 6.07) is 5.25. The summed E-state index contributed by atoms with van der Waals surface area (Å²) in [5.41, 5.74) is 2.73. The highest BCUT2D eigenvalue weighted by Gasteiger charge is 2.11. The molecule has 0 unspecified atom stereocenters. The summed E-state index contributed by atoms with van der Waals surface area (Å²) in [7, 11) is 0. The molecule has 1 N–H and O–H groups in total. The number of carbonyl (C=O) groups is 1. The first-order valence-corrected chi connectivity index (χ1v) is 8.02. The number of nitrogens with zero attached hydrogens (tertiary/aromatic N) is 2. The molecule has 2 aromatic heterocycles. The van der Waals surface area contributed by atoms with E-state index in [1.165, 1.54) is 21.7 Å². The smallest absolute Gasteiger partial charge is 0.270 e. The van der Waals surface area contributed by atoms with Gasteiger partial charge in [-0.15, -0.1) is 0 Å². The summed E-state index contributed by atoms with van der Waals surface area (Å²) in [5, 5.41) is 2.75. The van der Waals surface area contributed by atoms with Gasteiger partial charge in [-0.1, -0.05) is 29.4 Å². The Kier molecular flexibility index (Phi) is 6.07. The van der Waals surface area contributed by atoms with Gasteiger partial charge in [0, 0.05) is 18.9 Å². The molecular weight excluding hydrogens is 302 g/mol. The second-order valence-corrected chi connectivity index (χ2v) is 5.99. The van der Waals surface area contributed by atoms with Gasteiger partial charge < -0.3 is 5.32 Å².